The van der Waals surface area contributed by atoms with Crippen molar-refractivity contribution in [1.82, 2.24) is 5.32 Å². The molecule has 2 N–H and O–H groups in total. The van der Waals surface area contributed by atoms with Crippen molar-refractivity contribution < 1.29 is 23.8 Å². The van der Waals surface area contributed by atoms with Crippen molar-refractivity contribution in [3.8, 4) is 5.75 Å². The van der Waals surface area contributed by atoms with E-state index in [1.165, 1.54) is 12.3 Å². The lowest BCUT2D eigenvalue weighted by molar-refractivity contribution is -0.123. The number of ether oxygens (including phenoxy) is 1. The largest absolute Gasteiger partial charge is 0.483 e. The number of benzene rings is 1. The van der Waals surface area contributed by atoms with Gasteiger partial charge in [0.15, 0.2) is 6.61 Å². The number of carboxylic acids is 1. The normalized spacial score (nSPS) is 10.1. The highest BCUT2D eigenvalue weighted by Crippen LogP contribution is 2.20. The Hall–Kier alpha value is -2.76. The molecule has 2 rings (SSSR count). The second kappa shape index (κ2) is 6.60. The molecular formula is C15H15NO5. The van der Waals surface area contributed by atoms with Crippen LogP contribution in [0.25, 0.3) is 0 Å². The van der Waals surface area contributed by atoms with Crippen LogP contribution < -0.4 is 10.1 Å². The van der Waals surface area contributed by atoms with E-state index < -0.39 is 5.97 Å². The first-order chi connectivity index (χ1) is 10.1. The van der Waals surface area contributed by atoms with Crippen molar-refractivity contribution in [3.05, 3.63) is 53.5 Å². The van der Waals surface area contributed by atoms with Crippen molar-refractivity contribution in [3.63, 3.8) is 0 Å². The monoisotopic (exact) mass is 289 g/mol. The first-order valence-corrected chi connectivity index (χ1v) is 6.32. The highest BCUT2D eigenvalue weighted by molar-refractivity contribution is 5.91. The number of hydrogen-bond donors (Lipinski definition) is 2. The van der Waals surface area contributed by atoms with Crippen molar-refractivity contribution in [2.45, 2.75) is 13.5 Å². The zero-order valence-corrected chi connectivity index (χ0v) is 11.5. The van der Waals surface area contributed by atoms with Gasteiger partial charge in [-0.25, -0.2) is 4.79 Å². The molecule has 0 unspecified atom stereocenters. The summed E-state index contributed by atoms with van der Waals surface area (Å²) < 4.78 is 10.4. The molecule has 0 fully saturated rings. The van der Waals surface area contributed by atoms with E-state index in [1.54, 1.807) is 24.3 Å². The van der Waals surface area contributed by atoms with Gasteiger partial charge in [0.25, 0.3) is 5.91 Å². The lowest BCUT2D eigenvalue weighted by atomic mass is 10.1. The van der Waals surface area contributed by atoms with Gasteiger partial charge in [0.1, 0.15) is 17.1 Å². The van der Waals surface area contributed by atoms with Crippen LogP contribution in [0.15, 0.2) is 41.0 Å². The molecule has 0 radical (unpaired) electrons. The fourth-order valence-corrected chi connectivity index (χ4v) is 1.72. The van der Waals surface area contributed by atoms with Crippen LogP contribution in [0.4, 0.5) is 0 Å². The molecule has 0 saturated heterocycles. The summed E-state index contributed by atoms with van der Waals surface area (Å²) in [5, 5.41) is 11.7. The highest BCUT2D eigenvalue weighted by Gasteiger charge is 2.12. The summed E-state index contributed by atoms with van der Waals surface area (Å²) in [7, 11) is 0. The number of hydrogen-bond acceptors (Lipinski definition) is 4. The maximum Gasteiger partial charge on any atom is 0.339 e. The maximum absolute atomic E-state index is 11.7. The Kier molecular flexibility index (Phi) is 4.61. The molecule has 110 valence electrons. The lowest BCUT2D eigenvalue weighted by Crippen LogP contribution is -2.28. The molecule has 1 aromatic carbocycles. The number of carbonyl (C=O) groups excluding carboxylic acids is 1. The van der Waals surface area contributed by atoms with Gasteiger partial charge in [-0.2, -0.15) is 0 Å². The van der Waals surface area contributed by atoms with Gasteiger partial charge in [0, 0.05) is 0 Å². The number of furan rings is 1. The SMILES string of the molecule is Cc1ccc(C(=O)O)c(OCC(=O)NCc2ccco2)c1. The number of amides is 1. The van der Waals surface area contributed by atoms with Gasteiger partial charge in [0.2, 0.25) is 0 Å². The molecule has 0 aliphatic heterocycles. The molecule has 0 aliphatic rings. The predicted molar refractivity (Wildman–Crippen MR) is 74.2 cm³/mol. The van der Waals surface area contributed by atoms with Gasteiger partial charge in [-0.1, -0.05) is 6.07 Å². The molecule has 1 amide bonds. The summed E-state index contributed by atoms with van der Waals surface area (Å²) in [4.78, 5) is 22.7. The first-order valence-electron chi connectivity index (χ1n) is 6.32. The van der Waals surface area contributed by atoms with Gasteiger partial charge in [-0.3, -0.25) is 4.79 Å². The summed E-state index contributed by atoms with van der Waals surface area (Å²) >= 11 is 0. The van der Waals surface area contributed by atoms with Crippen LogP contribution in [-0.4, -0.2) is 23.6 Å². The van der Waals surface area contributed by atoms with E-state index in [1.807, 2.05) is 6.92 Å². The van der Waals surface area contributed by atoms with Crippen LogP contribution in [0.1, 0.15) is 21.7 Å². The third-order valence-electron chi connectivity index (χ3n) is 2.77. The molecule has 6 heteroatoms. The first kappa shape index (κ1) is 14.6. The number of aromatic carboxylic acids is 1. The van der Waals surface area contributed by atoms with Crippen molar-refractivity contribution in [2.24, 2.45) is 0 Å². The van der Waals surface area contributed by atoms with E-state index in [0.717, 1.165) is 5.56 Å². The summed E-state index contributed by atoms with van der Waals surface area (Å²) in [5.74, 6) is -0.647. The number of aryl methyl sites for hydroxylation is 1. The average molecular weight is 289 g/mol. The Balaban J connectivity index is 1.91. The fourth-order valence-electron chi connectivity index (χ4n) is 1.72. The van der Waals surface area contributed by atoms with Gasteiger partial charge in [-0.15, -0.1) is 0 Å². The van der Waals surface area contributed by atoms with E-state index in [0.29, 0.717) is 5.76 Å². The van der Waals surface area contributed by atoms with Crippen molar-refractivity contribution in [1.29, 1.82) is 0 Å². The molecule has 2 aromatic rings. The van der Waals surface area contributed by atoms with E-state index >= 15 is 0 Å². The molecule has 6 nitrogen and oxygen atoms in total. The van der Waals surface area contributed by atoms with E-state index in [4.69, 9.17) is 14.3 Å². The molecule has 21 heavy (non-hydrogen) atoms. The standard InChI is InChI=1S/C15H15NO5/c1-10-4-5-12(15(18)19)13(7-10)21-9-14(17)16-8-11-3-2-6-20-11/h2-7H,8-9H2,1H3,(H,16,17)(H,18,19). The van der Waals surface area contributed by atoms with Gasteiger partial charge in [0.05, 0.1) is 12.8 Å². The lowest BCUT2D eigenvalue weighted by Gasteiger charge is -2.10. The summed E-state index contributed by atoms with van der Waals surface area (Å²) in [6.07, 6.45) is 1.52. The Morgan fingerprint density at radius 2 is 2.14 bits per heavy atom. The molecular weight excluding hydrogens is 274 g/mol. The Morgan fingerprint density at radius 3 is 2.81 bits per heavy atom. The van der Waals surface area contributed by atoms with Crippen LogP contribution in [0.2, 0.25) is 0 Å². The number of nitrogens with one attached hydrogen (secondary N) is 1. The highest BCUT2D eigenvalue weighted by atomic mass is 16.5. The summed E-state index contributed by atoms with van der Waals surface area (Å²) in [5.41, 5.74) is 0.880. The average Bonchev–Trinajstić information content (AvgIpc) is 2.96. The van der Waals surface area contributed by atoms with Crippen LogP contribution >= 0.6 is 0 Å². The van der Waals surface area contributed by atoms with E-state index in [9.17, 15) is 9.59 Å². The fraction of sp³-hybridized carbons (Fsp3) is 0.200. The summed E-state index contributed by atoms with van der Waals surface area (Å²) in [6.45, 7) is 1.81. The zero-order chi connectivity index (χ0) is 15.2. The summed E-state index contributed by atoms with van der Waals surface area (Å²) in [6, 6.07) is 8.18. The Morgan fingerprint density at radius 1 is 1.33 bits per heavy atom. The van der Waals surface area contributed by atoms with Gasteiger partial charge < -0.3 is 19.6 Å². The molecule has 1 heterocycles. The topological polar surface area (TPSA) is 88.8 Å². The van der Waals surface area contributed by atoms with E-state index in [-0.39, 0.29) is 30.4 Å². The number of rotatable bonds is 6. The number of carbonyl (C=O) groups is 2. The van der Waals surface area contributed by atoms with E-state index in [2.05, 4.69) is 5.32 Å². The van der Waals surface area contributed by atoms with Crippen molar-refractivity contribution in [2.75, 3.05) is 6.61 Å². The minimum atomic E-state index is -1.10. The smallest absolute Gasteiger partial charge is 0.339 e. The molecule has 0 spiro atoms. The zero-order valence-electron chi connectivity index (χ0n) is 11.5. The van der Waals surface area contributed by atoms with Gasteiger partial charge in [-0.05, 0) is 36.8 Å². The second-order valence-corrected chi connectivity index (χ2v) is 4.45. The molecule has 0 atom stereocenters. The third kappa shape index (κ3) is 4.10. The molecule has 1 aromatic heterocycles. The second-order valence-electron chi connectivity index (χ2n) is 4.45. The minimum absolute atomic E-state index is 0.0273. The third-order valence-corrected chi connectivity index (χ3v) is 2.77. The quantitative estimate of drug-likeness (QED) is 0.848. The van der Waals surface area contributed by atoms with Crippen LogP contribution in [0, 0.1) is 6.92 Å². The minimum Gasteiger partial charge on any atom is -0.483 e. The maximum atomic E-state index is 11.7. The molecule has 0 aliphatic carbocycles. The van der Waals surface area contributed by atoms with Crippen molar-refractivity contribution >= 4 is 11.9 Å². The number of carboxylic acid groups (broad SMARTS) is 1. The van der Waals surface area contributed by atoms with Gasteiger partial charge >= 0.3 is 5.97 Å². The predicted octanol–water partition coefficient (Wildman–Crippen LogP) is 1.98. The van der Waals surface area contributed by atoms with Crippen LogP contribution in [0.5, 0.6) is 5.75 Å². The van der Waals surface area contributed by atoms with Crippen LogP contribution in [0.3, 0.4) is 0 Å². The Labute approximate surface area is 121 Å². The Bertz CT molecular complexity index is 634. The molecule has 0 bridgehead atoms. The van der Waals surface area contributed by atoms with Crippen LogP contribution in [-0.2, 0) is 11.3 Å². The molecule has 0 saturated carbocycles.